The Kier molecular flexibility index (Phi) is 11.4. The van der Waals surface area contributed by atoms with E-state index in [1.807, 2.05) is 0 Å². The van der Waals surface area contributed by atoms with Crippen molar-refractivity contribution in [3.8, 4) is 23.0 Å². The molecule has 0 saturated carbocycles. The second kappa shape index (κ2) is 15.5. The number of carbonyl (C=O) groups excluding carboxylic acids is 2. The third kappa shape index (κ3) is 7.28. The molecule has 3 heterocycles. The van der Waals surface area contributed by atoms with Gasteiger partial charge in [0, 0.05) is 24.5 Å². The van der Waals surface area contributed by atoms with Crippen LogP contribution in [-0.2, 0) is 35.0 Å². The highest BCUT2D eigenvalue weighted by Crippen LogP contribution is 2.45. The molecule has 2 aromatic rings. The number of aliphatic hydroxyl groups excluding tert-OH is 4. The molecule has 0 spiro atoms. The largest absolute Gasteiger partial charge is 0.504 e. The van der Waals surface area contributed by atoms with E-state index in [4.69, 9.17) is 23.7 Å². The lowest BCUT2D eigenvalue weighted by atomic mass is 9.76. The van der Waals surface area contributed by atoms with Crippen molar-refractivity contribution in [3.05, 3.63) is 77.6 Å². The van der Waals surface area contributed by atoms with Crippen LogP contribution in [0.3, 0.4) is 0 Å². The van der Waals surface area contributed by atoms with Crippen LogP contribution < -0.4 is 4.74 Å². The monoisotopic (exact) mass is 699 g/mol. The van der Waals surface area contributed by atoms with E-state index in [0.717, 1.165) is 6.26 Å². The van der Waals surface area contributed by atoms with Crippen LogP contribution in [0, 0.1) is 11.8 Å². The van der Waals surface area contributed by atoms with E-state index < -0.39 is 79.1 Å². The number of ether oxygens (including phenoxy) is 5. The molecule has 0 radical (unpaired) electrons. The van der Waals surface area contributed by atoms with Crippen LogP contribution in [0.15, 0.2) is 60.9 Å². The van der Waals surface area contributed by atoms with Crippen molar-refractivity contribution in [2.24, 2.45) is 11.8 Å². The summed E-state index contributed by atoms with van der Waals surface area (Å²) in [7, 11) is 2.59. The van der Waals surface area contributed by atoms with Crippen LogP contribution >= 0.6 is 0 Å². The standard InChI is InChI=1S/C35H41NO14/c1-4-19-21(22(33(45)47-3)16-48-34(19)50-35-32(44)31(43)30(42)28(15-37)49-35)13-23-20-14-26(40)25(39)12-18(20)9-10-36(23)29(41)8-6-17-5-7-24(38)27(11-17)46-2/h4-8,11-12,14,16,19,21,23,28,30-32,34-35,37-40,42-44H,1,9-10,13,15H2,2-3H3/b8-6+/t19-,21+,23-,28-,30-,31+,32-,34+,35-/m1/s1. The number of hydrogen-bond donors (Lipinski definition) is 7. The molecular weight excluding hydrogens is 658 g/mol. The highest BCUT2D eigenvalue weighted by Gasteiger charge is 2.48. The van der Waals surface area contributed by atoms with Crippen molar-refractivity contribution in [1.82, 2.24) is 4.90 Å². The van der Waals surface area contributed by atoms with Crippen molar-refractivity contribution in [3.63, 3.8) is 0 Å². The molecule has 0 unspecified atom stereocenters. The SMILES string of the molecule is C=C[C@H]1[C@H](O[C@H]2O[C@H](CO)[C@@H](O)[C@H](O)[C@H]2O)OC=C(C(=O)OC)[C@H]1C[C@@H]1c2cc(O)c(O)cc2CCN1C(=O)/C=C/c1ccc(O)c(OC)c1. The Hall–Kier alpha value is -4.64. The Morgan fingerprint density at radius 1 is 1.00 bits per heavy atom. The number of phenolic OH excluding ortho intramolecular Hbond substituents is 3. The molecule has 3 aliphatic heterocycles. The lowest BCUT2D eigenvalue weighted by Gasteiger charge is -2.44. The van der Waals surface area contributed by atoms with Gasteiger partial charge in [0.1, 0.15) is 24.4 Å². The molecule has 15 heteroatoms. The number of methoxy groups -OCH3 is 2. The van der Waals surface area contributed by atoms with Gasteiger partial charge >= 0.3 is 5.97 Å². The average Bonchev–Trinajstić information content (AvgIpc) is 3.11. The van der Waals surface area contributed by atoms with Crippen LogP contribution in [0.4, 0.5) is 0 Å². The van der Waals surface area contributed by atoms with Crippen molar-refractivity contribution in [2.75, 3.05) is 27.4 Å². The molecule has 3 aliphatic rings. The van der Waals surface area contributed by atoms with Gasteiger partial charge < -0.3 is 64.3 Å². The first kappa shape index (κ1) is 36.6. The minimum absolute atomic E-state index is 0.0271. The summed E-state index contributed by atoms with van der Waals surface area (Å²) in [5.74, 6) is -3.43. The number of fused-ring (bicyclic) bond motifs is 1. The zero-order valence-electron chi connectivity index (χ0n) is 27.4. The van der Waals surface area contributed by atoms with Gasteiger partial charge in [-0.15, -0.1) is 6.58 Å². The van der Waals surface area contributed by atoms with E-state index in [0.29, 0.717) is 23.1 Å². The van der Waals surface area contributed by atoms with Gasteiger partial charge in [-0.3, -0.25) is 4.79 Å². The summed E-state index contributed by atoms with van der Waals surface area (Å²) in [6.45, 7) is 3.43. The number of phenols is 3. The van der Waals surface area contributed by atoms with Gasteiger partial charge in [-0.05, 0) is 59.9 Å². The fourth-order valence-corrected chi connectivity index (χ4v) is 6.57. The first-order valence-corrected chi connectivity index (χ1v) is 15.8. The number of rotatable bonds is 10. The van der Waals surface area contributed by atoms with Gasteiger partial charge in [0.2, 0.25) is 12.2 Å². The number of amides is 1. The van der Waals surface area contributed by atoms with Crippen LogP contribution in [0.1, 0.15) is 29.2 Å². The number of nitrogens with zero attached hydrogens (tertiary/aromatic N) is 1. The van der Waals surface area contributed by atoms with E-state index in [1.165, 1.54) is 44.6 Å². The van der Waals surface area contributed by atoms with E-state index in [2.05, 4.69) is 6.58 Å². The Morgan fingerprint density at radius 2 is 1.74 bits per heavy atom. The summed E-state index contributed by atoms with van der Waals surface area (Å²) in [5, 5.41) is 71.5. The number of carbonyl (C=O) groups is 2. The molecule has 9 atom stereocenters. The van der Waals surface area contributed by atoms with Crippen molar-refractivity contribution >= 4 is 18.0 Å². The number of aliphatic hydroxyl groups is 4. The molecule has 0 aliphatic carbocycles. The van der Waals surface area contributed by atoms with Crippen molar-refractivity contribution in [2.45, 2.75) is 55.9 Å². The van der Waals surface area contributed by atoms with Crippen LogP contribution in [0.2, 0.25) is 0 Å². The van der Waals surface area contributed by atoms with Gasteiger partial charge in [0.15, 0.2) is 29.3 Å². The lowest BCUT2D eigenvalue weighted by molar-refractivity contribution is -0.339. The van der Waals surface area contributed by atoms with Gasteiger partial charge in [0.25, 0.3) is 0 Å². The van der Waals surface area contributed by atoms with E-state index in [-0.39, 0.29) is 35.8 Å². The predicted molar refractivity (Wildman–Crippen MR) is 173 cm³/mol. The van der Waals surface area contributed by atoms with E-state index in [9.17, 15) is 45.3 Å². The Bertz CT molecular complexity index is 1640. The highest BCUT2D eigenvalue weighted by atomic mass is 16.8. The number of aromatic hydroxyl groups is 3. The minimum Gasteiger partial charge on any atom is -0.504 e. The maximum absolute atomic E-state index is 13.9. The normalized spacial score (nSPS) is 29.4. The lowest BCUT2D eigenvalue weighted by Crippen LogP contribution is -2.60. The summed E-state index contributed by atoms with van der Waals surface area (Å²) in [6.07, 6.45) is -3.31. The first-order valence-electron chi connectivity index (χ1n) is 15.8. The third-order valence-electron chi connectivity index (χ3n) is 9.29. The fraction of sp³-hybridized carbons (Fsp3) is 0.429. The second-order valence-electron chi connectivity index (χ2n) is 12.2. The van der Waals surface area contributed by atoms with Crippen molar-refractivity contribution < 1.29 is 69.0 Å². The molecule has 7 N–H and O–H groups in total. The summed E-state index contributed by atoms with van der Waals surface area (Å²) in [6, 6.07) is 6.60. The summed E-state index contributed by atoms with van der Waals surface area (Å²) in [4.78, 5) is 28.5. The summed E-state index contributed by atoms with van der Waals surface area (Å²) in [5.41, 5.74) is 1.83. The smallest absolute Gasteiger partial charge is 0.337 e. The number of esters is 1. The average molecular weight is 700 g/mol. The van der Waals surface area contributed by atoms with Gasteiger partial charge in [-0.2, -0.15) is 0 Å². The topological polar surface area (TPSA) is 225 Å². The predicted octanol–water partition coefficient (Wildman–Crippen LogP) is 0.989. The first-order chi connectivity index (χ1) is 23.9. The molecule has 1 fully saturated rings. The molecule has 0 aromatic heterocycles. The van der Waals surface area contributed by atoms with Crippen LogP contribution in [0.25, 0.3) is 6.08 Å². The van der Waals surface area contributed by atoms with Gasteiger partial charge in [-0.25, -0.2) is 4.79 Å². The van der Waals surface area contributed by atoms with E-state index in [1.54, 1.807) is 23.1 Å². The molecule has 1 saturated heterocycles. The molecule has 15 nitrogen and oxygen atoms in total. The maximum Gasteiger partial charge on any atom is 0.337 e. The molecule has 0 bridgehead atoms. The minimum atomic E-state index is -1.74. The Labute approximate surface area is 287 Å². The van der Waals surface area contributed by atoms with Crippen LogP contribution in [-0.4, -0.2) is 117 Å². The Balaban J connectivity index is 1.50. The number of hydrogen-bond acceptors (Lipinski definition) is 14. The molecule has 2 aromatic carbocycles. The fourth-order valence-electron chi connectivity index (χ4n) is 6.57. The van der Waals surface area contributed by atoms with Gasteiger partial charge in [0.05, 0.1) is 38.7 Å². The zero-order chi connectivity index (χ0) is 36.3. The van der Waals surface area contributed by atoms with Crippen LogP contribution in [0.5, 0.6) is 23.0 Å². The summed E-state index contributed by atoms with van der Waals surface area (Å²) < 4.78 is 27.4. The quantitative estimate of drug-likeness (QED) is 0.0795. The molecule has 5 rings (SSSR count). The highest BCUT2D eigenvalue weighted by molar-refractivity contribution is 5.92. The van der Waals surface area contributed by atoms with Gasteiger partial charge in [-0.1, -0.05) is 12.1 Å². The summed E-state index contributed by atoms with van der Waals surface area (Å²) >= 11 is 0. The van der Waals surface area contributed by atoms with Crippen molar-refractivity contribution in [1.29, 1.82) is 0 Å². The molecule has 270 valence electrons. The third-order valence-corrected chi connectivity index (χ3v) is 9.29. The second-order valence-corrected chi connectivity index (χ2v) is 12.2. The molecule has 1 amide bonds. The maximum atomic E-state index is 13.9. The number of benzene rings is 2. The Morgan fingerprint density at radius 3 is 2.42 bits per heavy atom. The molecular formula is C35H41NO14. The van der Waals surface area contributed by atoms with E-state index >= 15 is 0 Å². The molecule has 50 heavy (non-hydrogen) atoms. The zero-order valence-corrected chi connectivity index (χ0v) is 27.4.